The maximum atomic E-state index is 12.4. The van der Waals surface area contributed by atoms with E-state index in [0.717, 1.165) is 38.3 Å². The molecule has 0 spiro atoms. The van der Waals surface area contributed by atoms with Gasteiger partial charge in [-0.15, -0.1) is 0 Å². The number of carbonyl (C=O) groups is 1. The predicted octanol–water partition coefficient (Wildman–Crippen LogP) is 3.93. The van der Waals surface area contributed by atoms with Gasteiger partial charge in [0.25, 0.3) is 0 Å². The standard InChI is InChI=1S/C18H25NO/c20-18(11-10-15-6-2-1-3-7-15)19-13-12-16-8-4-5-9-17(16)14-19/h4-5,8-9,15H,1-3,6-7,10-14H2. The molecule has 0 N–H and O–H groups in total. The number of carbonyl (C=O) groups excluding carboxylic acids is 1. The van der Waals surface area contributed by atoms with Crippen molar-refractivity contribution in [1.29, 1.82) is 0 Å². The molecule has 3 rings (SSSR count). The first kappa shape index (κ1) is 13.7. The smallest absolute Gasteiger partial charge is 0.222 e. The number of hydrogen-bond donors (Lipinski definition) is 0. The Labute approximate surface area is 122 Å². The number of benzene rings is 1. The van der Waals surface area contributed by atoms with Gasteiger partial charge in [0.2, 0.25) is 5.91 Å². The highest BCUT2D eigenvalue weighted by molar-refractivity contribution is 5.76. The molecule has 0 radical (unpaired) electrons. The molecule has 1 aliphatic carbocycles. The molecular formula is C18H25NO. The lowest BCUT2D eigenvalue weighted by Gasteiger charge is -2.30. The van der Waals surface area contributed by atoms with E-state index in [1.807, 2.05) is 0 Å². The van der Waals surface area contributed by atoms with Crippen molar-refractivity contribution in [3.05, 3.63) is 35.4 Å². The van der Waals surface area contributed by atoms with Crippen molar-refractivity contribution in [3.63, 3.8) is 0 Å². The summed E-state index contributed by atoms with van der Waals surface area (Å²) in [7, 11) is 0. The summed E-state index contributed by atoms with van der Waals surface area (Å²) in [6.45, 7) is 1.72. The largest absolute Gasteiger partial charge is 0.338 e. The van der Waals surface area contributed by atoms with Gasteiger partial charge in [0.1, 0.15) is 0 Å². The Kier molecular flexibility index (Phi) is 4.39. The third-order valence-electron chi connectivity index (χ3n) is 4.97. The molecule has 1 amide bonds. The third kappa shape index (κ3) is 3.23. The molecule has 20 heavy (non-hydrogen) atoms. The first-order valence-electron chi connectivity index (χ1n) is 8.17. The minimum Gasteiger partial charge on any atom is -0.338 e. The van der Waals surface area contributed by atoms with Gasteiger partial charge in [0.05, 0.1) is 0 Å². The fourth-order valence-corrected chi connectivity index (χ4v) is 3.67. The lowest BCUT2D eigenvalue weighted by atomic mass is 9.86. The molecule has 1 aromatic carbocycles. The Morgan fingerprint density at radius 3 is 2.65 bits per heavy atom. The van der Waals surface area contributed by atoms with E-state index in [2.05, 4.69) is 29.2 Å². The van der Waals surface area contributed by atoms with E-state index in [0.29, 0.717) is 5.91 Å². The Bertz CT molecular complexity index is 462. The molecule has 1 aliphatic heterocycles. The minimum atomic E-state index is 0.366. The van der Waals surface area contributed by atoms with E-state index in [4.69, 9.17) is 0 Å². The quantitative estimate of drug-likeness (QED) is 0.815. The van der Waals surface area contributed by atoms with Crippen LogP contribution in [0.1, 0.15) is 56.1 Å². The van der Waals surface area contributed by atoms with Gasteiger partial charge in [-0.3, -0.25) is 4.79 Å². The van der Waals surface area contributed by atoms with Crippen LogP contribution in [-0.4, -0.2) is 17.4 Å². The van der Waals surface area contributed by atoms with Gasteiger partial charge < -0.3 is 4.90 Å². The van der Waals surface area contributed by atoms with Crippen LogP contribution in [0.4, 0.5) is 0 Å². The molecule has 2 aliphatic rings. The third-order valence-corrected chi connectivity index (χ3v) is 4.97. The van der Waals surface area contributed by atoms with Crippen LogP contribution in [0.15, 0.2) is 24.3 Å². The maximum absolute atomic E-state index is 12.4. The van der Waals surface area contributed by atoms with Crippen molar-refractivity contribution < 1.29 is 4.79 Å². The first-order chi connectivity index (χ1) is 9.83. The van der Waals surface area contributed by atoms with E-state index in [9.17, 15) is 4.79 Å². The highest BCUT2D eigenvalue weighted by atomic mass is 16.2. The molecule has 0 bridgehead atoms. The first-order valence-corrected chi connectivity index (χ1v) is 8.17. The van der Waals surface area contributed by atoms with Gasteiger partial charge in [-0.05, 0) is 29.9 Å². The minimum absolute atomic E-state index is 0.366. The lowest BCUT2D eigenvalue weighted by molar-refractivity contribution is -0.132. The zero-order valence-corrected chi connectivity index (χ0v) is 12.3. The Hall–Kier alpha value is -1.31. The molecule has 1 fully saturated rings. The highest BCUT2D eigenvalue weighted by Crippen LogP contribution is 2.28. The molecule has 2 nitrogen and oxygen atoms in total. The predicted molar refractivity (Wildman–Crippen MR) is 81.4 cm³/mol. The number of rotatable bonds is 3. The second-order valence-electron chi connectivity index (χ2n) is 6.38. The fourth-order valence-electron chi connectivity index (χ4n) is 3.67. The SMILES string of the molecule is O=C(CCC1CCCCC1)N1CCc2ccccc2C1. The van der Waals surface area contributed by atoms with E-state index in [1.54, 1.807) is 0 Å². The second kappa shape index (κ2) is 6.43. The van der Waals surface area contributed by atoms with Crippen LogP contribution in [0.5, 0.6) is 0 Å². The Balaban J connectivity index is 1.51. The summed E-state index contributed by atoms with van der Waals surface area (Å²) >= 11 is 0. The molecule has 1 heterocycles. The summed E-state index contributed by atoms with van der Waals surface area (Å²) in [6.07, 6.45) is 9.71. The van der Waals surface area contributed by atoms with E-state index < -0.39 is 0 Å². The van der Waals surface area contributed by atoms with Crippen molar-refractivity contribution in [2.75, 3.05) is 6.54 Å². The van der Waals surface area contributed by atoms with Crippen LogP contribution < -0.4 is 0 Å². The van der Waals surface area contributed by atoms with Gasteiger partial charge >= 0.3 is 0 Å². The molecule has 1 aromatic rings. The number of fused-ring (bicyclic) bond motifs is 1. The van der Waals surface area contributed by atoms with Gasteiger partial charge in [0.15, 0.2) is 0 Å². The van der Waals surface area contributed by atoms with Gasteiger partial charge in [-0.25, -0.2) is 0 Å². The van der Waals surface area contributed by atoms with Gasteiger partial charge in [-0.2, -0.15) is 0 Å². The van der Waals surface area contributed by atoms with Crippen molar-refractivity contribution in [3.8, 4) is 0 Å². The molecule has 0 atom stereocenters. The van der Waals surface area contributed by atoms with Gasteiger partial charge in [-0.1, -0.05) is 56.4 Å². The lowest BCUT2D eigenvalue weighted by Crippen LogP contribution is -2.36. The molecule has 108 valence electrons. The summed E-state index contributed by atoms with van der Waals surface area (Å²) in [4.78, 5) is 14.4. The van der Waals surface area contributed by atoms with Crippen LogP contribution in [0, 0.1) is 5.92 Å². The van der Waals surface area contributed by atoms with Crippen LogP contribution in [0.3, 0.4) is 0 Å². The average Bonchev–Trinajstić information content (AvgIpc) is 2.53. The Morgan fingerprint density at radius 1 is 1.10 bits per heavy atom. The fraction of sp³-hybridized carbons (Fsp3) is 0.611. The van der Waals surface area contributed by atoms with E-state index >= 15 is 0 Å². The molecular weight excluding hydrogens is 246 g/mol. The van der Waals surface area contributed by atoms with Crippen molar-refractivity contribution in [2.45, 2.75) is 57.9 Å². The van der Waals surface area contributed by atoms with E-state index in [1.165, 1.54) is 43.2 Å². The average molecular weight is 271 g/mol. The summed E-state index contributed by atoms with van der Waals surface area (Å²) in [5.41, 5.74) is 2.76. The molecule has 1 saturated carbocycles. The second-order valence-corrected chi connectivity index (χ2v) is 6.38. The highest BCUT2D eigenvalue weighted by Gasteiger charge is 2.21. The van der Waals surface area contributed by atoms with Crippen LogP contribution in [-0.2, 0) is 17.8 Å². The Morgan fingerprint density at radius 2 is 1.85 bits per heavy atom. The van der Waals surface area contributed by atoms with E-state index in [-0.39, 0.29) is 0 Å². The molecule has 2 heteroatoms. The zero-order valence-electron chi connectivity index (χ0n) is 12.3. The zero-order chi connectivity index (χ0) is 13.8. The number of hydrogen-bond acceptors (Lipinski definition) is 1. The van der Waals surface area contributed by atoms with Gasteiger partial charge in [0, 0.05) is 19.5 Å². The number of nitrogens with zero attached hydrogens (tertiary/aromatic N) is 1. The normalized spacial score (nSPS) is 19.7. The van der Waals surface area contributed by atoms with Crippen LogP contribution in [0.2, 0.25) is 0 Å². The van der Waals surface area contributed by atoms with Crippen molar-refractivity contribution in [1.82, 2.24) is 4.90 Å². The molecule has 0 unspecified atom stereocenters. The molecule has 0 saturated heterocycles. The summed E-state index contributed by atoms with van der Waals surface area (Å²) in [5, 5.41) is 0. The van der Waals surface area contributed by atoms with Crippen molar-refractivity contribution in [2.24, 2.45) is 5.92 Å². The summed E-state index contributed by atoms with van der Waals surface area (Å²) in [5.74, 6) is 1.18. The van der Waals surface area contributed by atoms with Crippen LogP contribution in [0.25, 0.3) is 0 Å². The molecule has 0 aromatic heterocycles. The summed E-state index contributed by atoms with van der Waals surface area (Å²) in [6, 6.07) is 8.53. The summed E-state index contributed by atoms with van der Waals surface area (Å²) < 4.78 is 0. The monoisotopic (exact) mass is 271 g/mol. The number of amides is 1. The topological polar surface area (TPSA) is 20.3 Å². The van der Waals surface area contributed by atoms with Crippen molar-refractivity contribution >= 4 is 5.91 Å². The maximum Gasteiger partial charge on any atom is 0.222 e. The van der Waals surface area contributed by atoms with Crippen LogP contribution >= 0.6 is 0 Å².